The number of nitrogens with two attached hydrogens (primary N) is 1. The largest absolute Gasteiger partial charge is 0.397 e. The predicted molar refractivity (Wildman–Crippen MR) is 63.5 cm³/mol. The average Bonchev–Trinajstić information content (AvgIpc) is 2.08. The Morgan fingerprint density at radius 3 is 2.56 bits per heavy atom. The molecule has 0 unspecified atom stereocenters. The van der Waals surface area contributed by atoms with E-state index in [1.165, 1.54) is 12.1 Å². The molecular weight excluding hydrogens is 207 g/mol. The third-order valence-electron chi connectivity index (χ3n) is 2.00. The molecule has 0 heterocycles. The molecule has 0 aliphatic rings. The van der Waals surface area contributed by atoms with Gasteiger partial charge in [0.05, 0.1) is 5.69 Å². The van der Waals surface area contributed by atoms with Gasteiger partial charge in [0.1, 0.15) is 11.5 Å². The monoisotopic (exact) mass is 224 g/mol. The molecule has 3 nitrogen and oxygen atoms in total. The standard InChI is InChI=1S/C12H17FN2O/c1-12(2,3)7-10(16)15-11-8(13)5-4-6-9(11)14/h4-6H,7,14H2,1-3H3,(H,15,16). The van der Waals surface area contributed by atoms with Crippen molar-refractivity contribution in [1.82, 2.24) is 0 Å². The smallest absolute Gasteiger partial charge is 0.225 e. The average molecular weight is 224 g/mol. The number of amides is 1. The van der Waals surface area contributed by atoms with Gasteiger partial charge in [-0.1, -0.05) is 26.8 Å². The number of para-hydroxylation sites is 1. The summed E-state index contributed by atoms with van der Waals surface area (Å²) in [4.78, 5) is 11.6. The third-order valence-corrected chi connectivity index (χ3v) is 2.00. The molecule has 1 rings (SSSR count). The van der Waals surface area contributed by atoms with Crippen molar-refractivity contribution in [2.45, 2.75) is 27.2 Å². The van der Waals surface area contributed by atoms with Crippen LogP contribution in [0.5, 0.6) is 0 Å². The Balaban J connectivity index is 2.78. The normalized spacial score (nSPS) is 11.2. The lowest BCUT2D eigenvalue weighted by Crippen LogP contribution is -2.20. The van der Waals surface area contributed by atoms with Crippen molar-refractivity contribution in [3.8, 4) is 0 Å². The lowest BCUT2D eigenvalue weighted by Gasteiger charge is -2.18. The highest BCUT2D eigenvalue weighted by molar-refractivity contribution is 5.94. The van der Waals surface area contributed by atoms with Gasteiger partial charge in [0.25, 0.3) is 0 Å². The first-order valence-corrected chi connectivity index (χ1v) is 5.13. The van der Waals surface area contributed by atoms with E-state index in [2.05, 4.69) is 5.32 Å². The van der Waals surface area contributed by atoms with Gasteiger partial charge in [-0.25, -0.2) is 4.39 Å². The van der Waals surface area contributed by atoms with Gasteiger partial charge >= 0.3 is 0 Å². The van der Waals surface area contributed by atoms with Crippen LogP contribution in [0, 0.1) is 11.2 Å². The number of carbonyl (C=O) groups excluding carboxylic acids is 1. The van der Waals surface area contributed by atoms with Crippen molar-refractivity contribution in [3.63, 3.8) is 0 Å². The van der Waals surface area contributed by atoms with E-state index in [4.69, 9.17) is 5.73 Å². The number of nitrogen functional groups attached to an aromatic ring is 1. The van der Waals surface area contributed by atoms with Gasteiger partial charge in [-0.15, -0.1) is 0 Å². The summed E-state index contributed by atoms with van der Waals surface area (Å²) in [6.07, 6.45) is 0.320. The minimum Gasteiger partial charge on any atom is -0.397 e. The van der Waals surface area contributed by atoms with Crippen molar-refractivity contribution in [3.05, 3.63) is 24.0 Å². The van der Waals surface area contributed by atoms with Crippen LogP contribution in [0.4, 0.5) is 15.8 Å². The van der Waals surface area contributed by atoms with Crippen LogP contribution in [0.3, 0.4) is 0 Å². The van der Waals surface area contributed by atoms with Crippen LogP contribution >= 0.6 is 0 Å². The Kier molecular flexibility index (Phi) is 3.52. The van der Waals surface area contributed by atoms with E-state index in [1.54, 1.807) is 6.07 Å². The molecule has 1 aromatic carbocycles. The number of halogens is 1. The zero-order valence-electron chi connectivity index (χ0n) is 9.80. The van der Waals surface area contributed by atoms with Gasteiger partial charge in [0.15, 0.2) is 0 Å². The van der Waals surface area contributed by atoms with Crippen LogP contribution in [0.2, 0.25) is 0 Å². The molecule has 0 bridgehead atoms. The van der Waals surface area contributed by atoms with E-state index < -0.39 is 5.82 Å². The molecule has 1 aromatic rings. The summed E-state index contributed by atoms with van der Waals surface area (Å²) >= 11 is 0. The van der Waals surface area contributed by atoms with Gasteiger partial charge in [-0.05, 0) is 17.5 Å². The lowest BCUT2D eigenvalue weighted by molar-refractivity contribution is -0.117. The fourth-order valence-corrected chi connectivity index (χ4v) is 1.34. The molecule has 0 spiro atoms. The predicted octanol–water partition coefficient (Wildman–Crippen LogP) is 2.78. The third kappa shape index (κ3) is 3.53. The van der Waals surface area contributed by atoms with Crippen molar-refractivity contribution >= 4 is 17.3 Å². The van der Waals surface area contributed by atoms with Gasteiger partial charge < -0.3 is 11.1 Å². The van der Waals surface area contributed by atoms with Gasteiger partial charge in [-0.2, -0.15) is 0 Å². The number of carbonyl (C=O) groups is 1. The van der Waals surface area contributed by atoms with Gasteiger partial charge in [0, 0.05) is 6.42 Å². The summed E-state index contributed by atoms with van der Waals surface area (Å²) in [5.41, 5.74) is 5.75. The van der Waals surface area contributed by atoms with Crippen LogP contribution in [-0.2, 0) is 4.79 Å². The Hall–Kier alpha value is -1.58. The van der Waals surface area contributed by atoms with E-state index in [0.29, 0.717) is 6.42 Å². The number of rotatable bonds is 2. The first-order chi connectivity index (χ1) is 7.29. The van der Waals surface area contributed by atoms with Gasteiger partial charge in [-0.3, -0.25) is 4.79 Å². The molecule has 1 amide bonds. The summed E-state index contributed by atoms with van der Waals surface area (Å²) in [6.45, 7) is 5.83. The van der Waals surface area contributed by atoms with Gasteiger partial charge in [0.2, 0.25) is 5.91 Å². The Morgan fingerprint density at radius 2 is 2.06 bits per heavy atom. The Bertz CT molecular complexity index is 376. The maximum atomic E-state index is 13.3. The molecule has 0 atom stereocenters. The second-order valence-electron chi connectivity index (χ2n) is 4.99. The number of nitrogens with one attached hydrogen (secondary N) is 1. The molecule has 88 valence electrons. The SMILES string of the molecule is CC(C)(C)CC(=O)Nc1c(N)cccc1F. The van der Waals surface area contributed by atoms with E-state index in [1.807, 2.05) is 20.8 Å². The maximum Gasteiger partial charge on any atom is 0.225 e. The molecule has 0 aliphatic carbocycles. The molecular formula is C12H17FN2O. The Labute approximate surface area is 94.8 Å². The second-order valence-corrected chi connectivity index (χ2v) is 4.99. The summed E-state index contributed by atoms with van der Waals surface area (Å²) in [5, 5.41) is 2.50. The molecule has 0 aromatic heterocycles. The first kappa shape index (κ1) is 12.5. The molecule has 16 heavy (non-hydrogen) atoms. The van der Waals surface area contributed by atoms with Crippen molar-refractivity contribution in [2.75, 3.05) is 11.1 Å². The van der Waals surface area contributed by atoms with Crippen LogP contribution < -0.4 is 11.1 Å². The highest BCUT2D eigenvalue weighted by Crippen LogP contribution is 2.24. The highest BCUT2D eigenvalue weighted by atomic mass is 19.1. The molecule has 0 aliphatic heterocycles. The molecule has 0 radical (unpaired) electrons. The highest BCUT2D eigenvalue weighted by Gasteiger charge is 2.17. The summed E-state index contributed by atoms with van der Waals surface area (Å²) < 4.78 is 13.3. The summed E-state index contributed by atoms with van der Waals surface area (Å²) in [6, 6.07) is 4.32. The summed E-state index contributed by atoms with van der Waals surface area (Å²) in [7, 11) is 0. The molecule has 0 saturated carbocycles. The lowest BCUT2D eigenvalue weighted by atomic mass is 9.92. The van der Waals surface area contributed by atoms with Crippen LogP contribution in [-0.4, -0.2) is 5.91 Å². The minimum absolute atomic E-state index is 0.0664. The van der Waals surface area contributed by atoms with E-state index in [9.17, 15) is 9.18 Å². The minimum atomic E-state index is -0.512. The Morgan fingerprint density at radius 1 is 1.44 bits per heavy atom. The molecule has 4 heteroatoms. The fraction of sp³-hybridized carbons (Fsp3) is 0.417. The molecule has 3 N–H and O–H groups in total. The zero-order chi connectivity index (χ0) is 12.3. The quantitative estimate of drug-likeness (QED) is 0.759. The maximum absolute atomic E-state index is 13.3. The summed E-state index contributed by atoms with van der Waals surface area (Å²) in [5.74, 6) is -0.744. The van der Waals surface area contributed by atoms with Crippen LogP contribution in [0.15, 0.2) is 18.2 Å². The zero-order valence-corrected chi connectivity index (χ0v) is 9.80. The second kappa shape index (κ2) is 4.51. The van der Waals surface area contributed by atoms with Crippen LogP contribution in [0.1, 0.15) is 27.2 Å². The van der Waals surface area contributed by atoms with Crippen molar-refractivity contribution in [2.24, 2.45) is 5.41 Å². The first-order valence-electron chi connectivity index (χ1n) is 5.13. The van der Waals surface area contributed by atoms with Crippen molar-refractivity contribution in [1.29, 1.82) is 0 Å². The van der Waals surface area contributed by atoms with Crippen molar-refractivity contribution < 1.29 is 9.18 Å². The number of hydrogen-bond acceptors (Lipinski definition) is 2. The van der Waals surface area contributed by atoms with Crippen LogP contribution in [0.25, 0.3) is 0 Å². The van der Waals surface area contributed by atoms with E-state index in [-0.39, 0.29) is 22.7 Å². The number of anilines is 2. The topological polar surface area (TPSA) is 55.1 Å². The fourth-order valence-electron chi connectivity index (χ4n) is 1.34. The molecule has 0 saturated heterocycles. The number of hydrogen-bond donors (Lipinski definition) is 2. The molecule has 0 fully saturated rings. The van der Waals surface area contributed by atoms with E-state index in [0.717, 1.165) is 0 Å². The van der Waals surface area contributed by atoms with E-state index >= 15 is 0 Å². The number of benzene rings is 1.